The molecular formula is C50H59N3O2. The highest BCUT2D eigenvalue weighted by Crippen LogP contribution is 2.53. The minimum atomic E-state index is -0.641. The Morgan fingerprint density at radius 3 is 2.02 bits per heavy atom. The number of fused-ring (bicyclic) bond motifs is 2. The Balaban J connectivity index is 1.33. The third kappa shape index (κ3) is 6.64. The van der Waals surface area contributed by atoms with Crippen molar-refractivity contribution in [1.29, 1.82) is 0 Å². The fraction of sp³-hybridized carbons (Fsp3) is 0.400. The first kappa shape index (κ1) is 38.4. The number of pyridine rings is 1. The van der Waals surface area contributed by atoms with E-state index in [1.165, 1.54) is 16.7 Å². The van der Waals surface area contributed by atoms with E-state index in [1.54, 1.807) is 0 Å². The van der Waals surface area contributed by atoms with Gasteiger partial charge in [0.1, 0.15) is 22.9 Å². The molecule has 0 aliphatic carbocycles. The number of anilines is 3. The minimum Gasteiger partial charge on any atom is -0.464 e. The van der Waals surface area contributed by atoms with Crippen molar-refractivity contribution in [1.82, 2.24) is 4.98 Å². The van der Waals surface area contributed by atoms with Crippen molar-refractivity contribution in [3.63, 3.8) is 0 Å². The Labute approximate surface area is 329 Å². The van der Waals surface area contributed by atoms with E-state index in [2.05, 4.69) is 187 Å². The molecule has 0 radical (unpaired) electrons. The van der Waals surface area contributed by atoms with Crippen LogP contribution in [0.3, 0.4) is 0 Å². The van der Waals surface area contributed by atoms with Crippen LogP contribution in [-0.2, 0) is 26.6 Å². The maximum atomic E-state index is 6.99. The summed E-state index contributed by atoms with van der Waals surface area (Å²) in [7, 11) is 0. The SMILES string of the molecule is Cc1cc(Oc2cc(C3=N[C@](C)(C(C)C)[C@@](C)(c4ccccc4)O3)cc(C(C)(C)C)c2)cc(N2c3ccc(C(C)(C)C)cc3C(C)(C)c3cc(C)cnc32)c1. The average molecular weight is 734 g/mol. The highest BCUT2D eigenvalue weighted by molar-refractivity contribution is 5.97. The quantitative estimate of drug-likeness (QED) is 0.174. The molecule has 1 aromatic heterocycles. The second kappa shape index (κ2) is 13.1. The molecule has 5 aromatic rings. The summed E-state index contributed by atoms with van der Waals surface area (Å²) in [4.78, 5) is 12.8. The van der Waals surface area contributed by atoms with Crippen LogP contribution >= 0.6 is 0 Å². The summed E-state index contributed by atoms with van der Waals surface area (Å²) in [5.41, 5.74) is 9.92. The molecule has 5 heteroatoms. The maximum Gasteiger partial charge on any atom is 0.217 e. The Kier molecular flexibility index (Phi) is 9.15. The van der Waals surface area contributed by atoms with Crippen LogP contribution in [0.5, 0.6) is 11.5 Å². The number of nitrogens with zero attached hydrogens (tertiary/aromatic N) is 3. The topological polar surface area (TPSA) is 47.0 Å². The summed E-state index contributed by atoms with van der Waals surface area (Å²) < 4.78 is 13.9. The van der Waals surface area contributed by atoms with Crippen LogP contribution < -0.4 is 9.64 Å². The zero-order chi connectivity index (χ0) is 39.9. The van der Waals surface area contributed by atoms with Crippen LogP contribution in [0.15, 0.2) is 102 Å². The van der Waals surface area contributed by atoms with Gasteiger partial charge in [-0.2, -0.15) is 0 Å². The molecule has 0 N–H and O–H groups in total. The van der Waals surface area contributed by atoms with Crippen LogP contribution in [0, 0.1) is 19.8 Å². The first-order valence-corrected chi connectivity index (χ1v) is 19.8. The molecule has 4 aromatic carbocycles. The van der Waals surface area contributed by atoms with Gasteiger partial charge < -0.3 is 9.47 Å². The van der Waals surface area contributed by atoms with Crippen LogP contribution in [0.25, 0.3) is 0 Å². The number of benzene rings is 4. The predicted octanol–water partition coefficient (Wildman–Crippen LogP) is 13.3. The van der Waals surface area contributed by atoms with E-state index < -0.39 is 11.1 Å². The summed E-state index contributed by atoms with van der Waals surface area (Å²) in [5, 5.41) is 0. The largest absolute Gasteiger partial charge is 0.464 e. The third-order valence-electron chi connectivity index (χ3n) is 12.3. The van der Waals surface area contributed by atoms with Crippen molar-refractivity contribution in [3.05, 3.63) is 142 Å². The zero-order valence-corrected chi connectivity index (χ0v) is 35.5. The van der Waals surface area contributed by atoms with Gasteiger partial charge in [0.15, 0.2) is 5.60 Å². The Hall–Kier alpha value is -4.90. The van der Waals surface area contributed by atoms with Gasteiger partial charge in [-0.3, -0.25) is 4.90 Å². The molecule has 286 valence electrons. The van der Waals surface area contributed by atoms with Gasteiger partial charge in [0, 0.05) is 28.8 Å². The van der Waals surface area contributed by atoms with E-state index in [-0.39, 0.29) is 22.2 Å². The molecule has 2 atom stereocenters. The lowest BCUT2D eigenvalue weighted by atomic mass is 9.72. The molecule has 0 spiro atoms. The summed E-state index contributed by atoms with van der Waals surface area (Å²) >= 11 is 0. The Morgan fingerprint density at radius 1 is 0.691 bits per heavy atom. The maximum absolute atomic E-state index is 6.99. The summed E-state index contributed by atoms with van der Waals surface area (Å²) in [5.74, 6) is 3.33. The van der Waals surface area contributed by atoms with E-state index in [9.17, 15) is 0 Å². The van der Waals surface area contributed by atoms with Gasteiger partial charge in [-0.1, -0.05) is 112 Å². The van der Waals surface area contributed by atoms with Gasteiger partial charge in [-0.25, -0.2) is 9.98 Å². The smallest absolute Gasteiger partial charge is 0.217 e. The molecule has 0 unspecified atom stereocenters. The molecule has 0 saturated heterocycles. The second-order valence-corrected chi connectivity index (χ2v) is 19.1. The number of hydrogen-bond donors (Lipinski definition) is 0. The fourth-order valence-corrected chi connectivity index (χ4v) is 8.23. The van der Waals surface area contributed by atoms with E-state index in [4.69, 9.17) is 19.5 Å². The Bertz CT molecular complexity index is 2310. The van der Waals surface area contributed by atoms with Gasteiger partial charge in [-0.15, -0.1) is 0 Å². The number of aryl methyl sites for hydroxylation is 2. The second-order valence-electron chi connectivity index (χ2n) is 19.1. The molecule has 5 nitrogen and oxygen atoms in total. The van der Waals surface area contributed by atoms with Crippen LogP contribution in [0.4, 0.5) is 17.2 Å². The molecule has 0 fully saturated rings. The zero-order valence-electron chi connectivity index (χ0n) is 35.5. The summed E-state index contributed by atoms with van der Waals surface area (Å²) in [6.45, 7) is 31.3. The van der Waals surface area contributed by atoms with Gasteiger partial charge in [-0.05, 0) is 120 Å². The molecule has 0 amide bonds. The lowest BCUT2D eigenvalue weighted by molar-refractivity contribution is 0.00857. The van der Waals surface area contributed by atoms with Crippen molar-refractivity contribution < 1.29 is 9.47 Å². The minimum absolute atomic E-state index is 0.0224. The standard InChI is InChI=1S/C50H59N3O2/c1-31(2)49(13)50(14,35-18-16-15-17-19-35)55-45(52-49)34-25-37(47(8,9)10)27-40(26-34)54-39-23-32(3)22-38(29-39)53-43-21-20-36(46(5,6)7)28-41(43)48(11,12)42-24-33(4)30-51-44(42)53/h15-31H,1-14H3/t49-,50-/m1/s1. The Morgan fingerprint density at radius 2 is 1.36 bits per heavy atom. The summed E-state index contributed by atoms with van der Waals surface area (Å²) in [6.07, 6.45) is 1.98. The van der Waals surface area contributed by atoms with Gasteiger partial charge >= 0.3 is 0 Å². The number of rotatable bonds is 6. The van der Waals surface area contributed by atoms with Crippen molar-refractivity contribution in [2.45, 2.75) is 124 Å². The molecule has 7 rings (SSSR count). The van der Waals surface area contributed by atoms with Crippen molar-refractivity contribution in [3.8, 4) is 11.5 Å². The number of aromatic nitrogens is 1. The number of hydrogen-bond acceptors (Lipinski definition) is 5. The predicted molar refractivity (Wildman–Crippen MR) is 229 cm³/mol. The monoisotopic (exact) mass is 733 g/mol. The first-order chi connectivity index (χ1) is 25.6. The lowest BCUT2D eigenvalue weighted by Crippen LogP contribution is -2.47. The summed E-state index contributed by atoms with van der Waals surface area (Å²) in [6, 6.07) is 32.7. The van der Waals surface area contributed by atoms with Gasteiger partial charge in [0.2, 0.25) is 5.90 Å². The van der Waals surface area contributed by atoms with Gasteiger partial charge in [0.05, 0.1) is 11.4 Å². The molecule has 2 aliphatic rings. The van der Waals surface area contributed by atoms with E-state index in [0.29, 0.717) is 5.90 Å². The third-order valence-corrected chi connectivity index (χ3v) is 12.3. The average Bonchev–Trinajstić information content (AvgIpc) is 3.40. The highest BCUT2D eigenvalue weighted by atomic mass is 16.5. The highest BCUT2D eigenvalue weighted by Gasteiger charge is 2.55. The lowest BCUT2D eigenvalue weighted by Gasteiger charge is -2.42. The molecular weight excluding hydrogens is 675 g/mol. The number of ether oxygens (including phenoxy) is 2. The van der Waals surface area contributed by atoms with Crippen molar-refractivity contribution >= 4 is 23.1 Å². The molecule has 2 aliphatic heterocycles. The van der Waals surface area contributed by atoms with E-state index in [1.807, 2.05) is 12.3 Å². The molecule has 0 bridgehead atoms. The van der Waals surface area contributed by atoms with Crippen LogP contribution in [-0.4, -0.2) is 16.4 Å². The normalized spacial score (nSPS) is 20.5. The molecule has 0 saturated carbocycles. The van der Waals surface area contributed by atoms with Gasteiger partial charge in [0.25, 0.3) is 0 Å². The van der Waals surface area contributed by atoms with Crippen molar-refractivity contribution in [2.75, 3.05) is 4.90 Å². The number of aliphatic imine (C=N–C) groups is 1. The molecule has 3 heterocycles. The first-order valence-electron chi connectivity index (χ1n) is 19.8. The van der Waals surface area contributed by atoms with E-state index >= 15 is 0 Å². The van der Waals surface area contributed by atoms with Crippen molar-refractivity contribution in [2.24, 2.45) is 10.9 Å². The fourth-order valence-electron chi connectivity index (χ4n) is 8.23. The van der Waals surface area contributed by atoms with E-state index in [0.717, 1.165) is 56.5 Å². The van der Waals surface area contributed by atoms with Crippen LogP contribution in [0.2, 0.25) is 0 Å². The molecule has 55 heavy (non-hydrogen) atoms. The van der Waals surface area contributed by atoms with Crippen LogP contribution in [0.1, 0.15) is 128 Å².